The van der Waals surface area contributed by atoms with E-state index in [2.05, 4.69) is 15.8 Å². The van der Waals surface area contributed by atoms with Crippen LogP contribution in [0.3, 0.4) is 0 Å². The lowest BCUT2D eigenvalue weighted by atomic mass is 9.94. The molecule has 208 valence electrons. The molecule has 2 aromatic rings. The van der Waals surface area contributed by atoms with E-state index >= 15 is 0 Å². The quantitative estimate of drug-likeness (QED) is 0.476. The summed E-state index contributed by atoms with van der Waals surface area (Å²) in [7, 11) is -0.954. The summed E-state index contributed by atoms with van der Waals surface area (Å²) in [6.07, 6.45) is 12.4. The molecule has 10 heteroatoms. The van der Waals surface area contributed by atoms with Crippen molar-refractivity contribution >= 4 is 33.3 Å². The molecule has 0 radical (unpaired) electrons. The maximum Gasteiger partial charge on any atom is 0.409 e. The lowest BCUT2D eigenvalue weighted by Gasteiger charge is -2.43. The molecule has 1 saturated carbocycles. The van der Waals surface area contributed by atoms with Crippen molar-refractivity contribution in [3.63, 3.8) is 0 Å². The summed E-state index contributed by atoms with van der Waals surface area (Å²) in [5, 5.41) is 0.581. The highest BCUT2D eigenvalue weighted by atomic mass is 35.5. The lowest BCUT2D eigenvalue weighted by molar-refractivity contribution is 0.0383. The second-order valence-corrected chi connectivity index (χ2v) is 13.5. The normalized spacial score (nSPS) is 25.7. The Bertz CT molecular complexity index is 1190. The van der Waals surface area contributed by atoms with Crippen molar-refractivity contribution in [2.45, 2.75) is 74.4 Å². The highest BCUT2D eigenvalue weighted by Gasteiger charge is 2.40. The number of imidazole rings is 1. The molecular formula is C28H40ClN5O3S. The van der Waals surface area contributed by atoms with Crippen molar-refractivity contribution in [1.82, 2.24) is 23.7 Å². The van der Waals surface area contributed by atoms with Crippen LogP contribution in [0.25, 0.3) is 0 Å². The van der Waals surface area contributed by atoms with Gasteiger partial charge in [-0.05, 0) is 62.2 Å². The Morgan fingerprint density at radius 3 is 2.42 bits per heavy atom. The van der Waals surface area contributed by atoms with Crippen LogP contribution in [0.5, 0.6) is 0 Å². The van der Waals surface area contributed by atoms with Crippen LogP contribution in [0.1, 0.15) is 63.2 Å². The minimum atomic E-state index is -2.90. The number of carbonyl (C=O) groups is 1. The van der Waals surface area contributed by atoms with Gasteiger partial charge in [0.15, 0.2) is 0 Å². The lowest BCUT2D eigenvalue weighted by Crippen LogP contribution is -2.53. The van der Waals surface area contributed by atoms with E-state index in [0.29, 0.717) is 29.0 Å². The van der Waals surface area contributed by atoms with Crippen LogP contribution < -0.4 is 0 Å². The molecule has 2 saturated heterocycles. The Morgan fingerprint density at radius 1 is 1.05 bits per heavy atom. The van der Waals surface area contributed by atoms with E-state index in [4.69, 9.17) is 16.3 Å². The number of piperidine rings is 1. The molecule has 2 aliphatic heterocycles. The van der Waals surface area contributed by atoms with Crippen molar-refractivity contribution in [2.24, 2.45) is 7.05 Å². The number of hydrogen-bond donors (Lipinski definition) is 0. The highest BCUT2D eigenvalue weighted by Crippen LogP contribution is 2.38. The van der Waals surface area contributed by atoms with Gasteiger partial charge >= 0.3 is 6.09 Å². The predicted molar refractivity (Wildman–Crippen MR) is 152 cm³/mol. The van der Waals surface area contributed by atoms with Crippen molar-refractivity contribution in [2.75, 3.05) is 32.8 Å². The first-order chi connectivity index (χ1) is 18.3. The minimum Gasteiger partial charge on any atom is -0.448 e. The third-order valence-corrected chi connectivity index (χ3v) is 10.9. The molecule has 3 atom stereocenters. The van der Waals surface area contributed by atoms with Crippen molar-refractivity contribution in [3.05, 3.63) is 47.5 Å². The van der Waals surface area contributed by atoms with E-state index in [9.17, 15) is 9.00 Å². The largest absolute Gasteiger partial charge is 0.448 e. The van der Waals surface area contributed by atoms with Gasteiger partial charge in [-0.25, -0.2) is 18.3 Å². The zero-order valence-corrected chi connectivity index (χ0v) is 23.9. The SMILES string of the molecule is C=S(=O)(c1ccc(Cl)cc1)N1C(COC(=O)N2CCN(C3CCCCC3)CC2)CCCC1c1nccn1C. The Kier molecular flexibility index (Phi) is 8.67. The van der Waals surface area contributed by atoms with Gasteiger partial charge in [0.25, 0.3) is 0 Å². The number of rotatable bonds is 6. The number of piperazine rings is 1. The number of halogens is 1. The third kappa shape index (κ3) is 5.91. The van der Waals surface area contributed by atoms with Crippen LogP contribution in [0, 0.1) is 0 Å². The van der Waals surface area contributed by atoms with Gasteiger partial charge in [-0.3, -0.25) is 4.90 Å². The van der Waals surface area contributed by atoms with Crippen molar-refractivity contribution in [1.29, 1.82) is 0 Å². The topological polar surface area (TPSA) is 70.9 Å². The zero-order chi connectivity index (χ0) is 26.7. The Labute approximate surface area is 232 Å². The van der Waals surface area contributed by atoms with E-state index < -0.39 is 9.71 Å². The monoisotopic (exact) mass is 561 g/mol. The van der Waals surface area contributed by atoms with Crippen molar-refractivity contribution in [3.8, 4) is 0 Å². The van der Waals surface area contributed by atoms with Crippen LogP contribution in [-0.2, 0) is 21.5 Å². The molecule has 3 aliphatic rings. The highest BCUT2D eigenvalue weighted by molar-refractivity contribution is 7.98. The van der Waals surface area contributed by atoms with Gasteiger partial charge in [-0.15, -0.1) is 0 Å². The molecule has 1 aliphatic carbocycles. The molecule has 3 unspecified atom stereocenters. The molecule has 8 nitrogen and oxygen atoms in total. The molecular weight excluding hydrogens is 522 g/mol. The Morgan fingerprint density at radius 2 is 1.76 bits per heavy atom. The fourth-order valence-electron chi connectivity index (χ4n) is 6.34. The van der Waals surface area contributed by atoms with Gasteiger partial charge in [0.2, 0.25) is 0 Å². The number of carbonyl (C=O) groups excluding carboxylic acids is 1. The first-order valence-electron chi connectivity index (χ1n) is 13.9. The smallest absolute Gasteiger partial charge is 0.409 e. The number of aromatic nitrogens is 2. The van der Waals surface area contributed by atoms with Gasteiger partial charge < -0.3 is 14.2 Å². The molecule has 38 heavy (non-hydrogen) atoms. The number of hydrogen-bond acceptors (Lipinski definition) is 5. The van der Waals surface area contributed by atoms with E-state index in [1.165, 1.54) is 32.1 Å². The zero-order valence-electron chi connectivity index (χ0n) is 22.3. The maximum atomic E-state index is 14.4. The summed E-state index contributed by atoms with van der Waals surface area (Å²) in [6, 6.07) is 7.25. The van der Waals surface area contributed by atoms with Gasteiger partial charge in [0, 0.05) is 61.6 Å². The fraction of sp³-hybridized carbons (Fsp3) is 0.607. The molecule has 3 fully saturated rings. The molecule has 0 N–H and O–H groups in total. The first-order valence-corrected chi connectivity index (χ1v) is 15.9. The molecule has 1 aromatic carbocycles. The Balaban J connectivity index is 1.28. The summed E-state index contributed by atoms with van der Waals surface area (Å²) in [5.74, 6) is 5.06. The van der Waals surface area contributed by atoms with E-state index in [0.717, 1.165) is 38.2 Å². The molecule has 1 aromatic heterocycles. The van der Waals surface area contributed by atoms with E-state index in [1.54, 1.807) is 30.5 Å². The predicted octanol–water partition coefficient (Wildman–Crippen LogP) is 4.75. The fourth-order valence-corrected chi connectivity index (χ4v) is 8.53. The van der Waals surface area contributed by atoms with E-state index in [-0.39, 0.29) is 24.8 Å². The average molecular weight is 562 g/mol. The molecule has 1 amide bonds. The molecule has 3 heterocycles. The van der Waals surface area contributed by atoms with Crippen LogP contribution >= 0.6 is 11.6 Å². The third-order valence-electron chi connectivity index (χ3n) is 8.42. The number of nitrogens with zero attached hydrogens (tertiary/aromatic N) is 5. The maximum absolute atomic E-state index is 14.4. The van der Waals surface area contributed by atoms with Gasteiger partial charge in [-0.1, -0.05) is 30.9 Å². The summed E-state index contributed by atoms with van der Waals surface area (Å²) in [4.78, 5) is 22.7. The molecule has 0 bridgehead atoms. The second kappa shape index (κ2) is 12.0. The standard InChI is InChI=1S/C28H40ClN5O3S/c1-31-16-15-30-27(31)26-10-6-9-24(34(26)38(2,36)25-13-11-22(29)12-14-25)21-37-28(35)33-19-17-32(18-20-33)23-7-4-3-5-8-23/h11-16,23-24,26H,2-10,17-21H2,1H3. The summed E-state index contributed by atoms with van der Waals surface area (Å²) in [5.41, 5.74) is 0. The number of amides is 1. The van der Waals surface area contributed by atoms with Crippen LogP contribution in [0.15, 0.2) is 41.6 Å². The summed E-state index contributed by atoms with van der Waals surface area (Å²) < 4.78 is 24.2. The van der Waals surface area contributed by atoms with Gasteiger partial charge in [-0.2, -0.15) is 0 Å². The van der Waals surface area contributed by atoms with Gasteiger partial charge in [0.1, 0.15) is 12.4 Å². The number of benzene rings is 1. The van der Waals surface area contributed by atoms with Crippen LogP contribution in [-0.4, -0.2) is 84.7 Å². The molecule has 5 rings (SSSR count). The Hall–Kier alpha value is -2.07. The number of aryl methyl sites for hydroxylation is 1. The first kappa shape index (κ1) is 27.5. The number of ether oxygens (including phenoxy) is 1. The average Bonchev–Trinajstić information content (AvgIpc) is 3.38. The molecule has 0 spiro atoms. The summed E-state index contributed by atoms with van der Waals surface area (Å²) >= 11 is 6.11. The van der Waals surface area contributed by atoms with Crippen LogP contribution in [0.4, 0.5) is 4.79 Å². The van der Waals surface area contributed by atoms with Crippen LogP contribution in [0.2, 0.25) is 5.02 Å². The summed E-state index contributed by atoms with van der Waals surface area (Å²) in [6.45, 7) is 3.36. The van der Waals surface area contributed by atoms with Crippen molar-refractivity contribution < 1.29 is 13.7 Å². The second-order valence-electron chi connectivity index (χ2n) is 10.8. The minimum absolute atomic E-state index is 0.169. The van der Waals surface area contributed by atoms with E-state index in [1.807, 2.05) is 27.0 Å². The van der Waals surface area contributed by atoms with Gasteiger partial charge in [0.05, 0.1) is 21.8 Å².